The average molecular weight is 297 g/mol. The molecule has 1 aliphatic rings. The molecule has 0 spiro atoms. The molecule has 20 heavy (non-hydrogen) atoms. The van der Waals surface area contributed by atoms with E-state index in [1.807, 2.05) is 0 Å². The summed E-state index contributed by atoms with van der Waals surface area (Å²) < 4.78 is 40.6. The summed E-state index contributed by atoms with van der Waals surface area (Å²) >= 11 is 0. The maximum Gasteiger partial charge on any atom is 0.405 e. The number of carbonyl (C=O) groups is 2. The molecule has 0 atom stereocenters. The van der Waals surface area contributed by atoms with Gasteiger partial charge in [-0.25, -0.2) is 0 Å². The summed E-state index contributed by atoms with van der Waals surface area (Å²) in [5.41, 5.74) is 0. The molecule has 0 unspecified atom stereocenters. The van der Waals surface area contributed by atoms with Crippen molar-refractivity contribution in [1.82, 2.24) is 15.5 Å². The van der Waals surface area contributed by atoms with Gasteiger partial charge in [-0.15, -0.1) is 0 Å². The Morgan fingerprint density at radius 2 is 1.85 bits per heavy atom. The van der Waals surface area contributed by atoms with Gasteiger partial charge in [-0.3, -0.25) is 9.59 Å². The van der Waals surface area contributed by atoms with Crippen molar-refractivity contribution in [1.29, 1.82) is 0 Å². The summed E-state index contributed by atoms with van der Waals surface area (Å²) in [5.74, 6) is -0.808. The second-order valence-electron chi connectivity index (χ2n) is 4.31. The van der Waals surface area contributed by atoms with E-state index in [4.69, 9.17) is 4.74 Å². The average Bonchev–Trinajstić information content (AvgIpc) is 2.41. The van der Waals surface area contributed by atoms with Gasteiger partial charge in [0.15, 0.2) is 0 Å². The Bertz CT molecular complexity index is 331. The maximum absolute atomic E-state index is 11.8. The minimum atomic E-state index is -4.41. The molecule has 116 valence electrons. The van der Waals surface area contributed by atoms with E-state index in [-0.39, 0.29) is 25.4 Å². The number of nitrogens with one attached hydrogen (secondary N) is 2. The van der Waals surface area contributed by atoms with Gasteiger partial charge < -0.3 is 20.3 Å². The molecule has 1 saturated heterocycles. The van der Waals surface area contributed by atoms with Crippen LogP contribution in [0.1, 0.15) is 6.42 Å². The quantitative estimate of drug-likeness (QED) is 0.649. The molecule has 1 rings (SSSR count). The SMILES string of the molecule is O=C(CNCCC(=O)N1CCOCC1)NCC(F)(F)F. The van der Waals surface area contributed by atoms with Crippen LogP contribution in [-0.2, 0) is 14.3 Å². The summed E-state index contributed by atoms with van der Waals surface area (Å²) in [6.45, 7) is 0.774. The third kappa shape index (κ3) is 7.29. The molecule has 1 aliphatic heterocycles. The lowest BCUT2D eigenvalue weighted by molar-refractivity contribution is -0.138. The Labute approximate surface area is 114 Å². The summed E-state index contributed by atoms with van der Waals surface area (Å²) in [6.07, 6.45) is -4.21. The van der Waals surface area contributed by atoms with Crippen molar-refractivity contribution in [2.45, 2.75) is 12.6 Å². The maximum atomic E-state index is 11.8. The smallest absolute Gasteiger partial charge is 0.378 e. The van der Waals surface area contributed by atoms with E-state index in [1.165, 1.54) is 0 Å². The second-order valence-corrected chi connectivity index (χ2v) is 4.31. The number of carbonyl (C=O) groups excluding carboxylic acids is 2. The number of rotatable bonds is 6. The lowest BCUT2D eigenvalue weighted by atomic mass is 10.3. The van der Waals surface area contributed by atoms with Gasteiger partial charge in [0.25, 0.3) is 0 Å². The van der Waals surface area contributed by atoms with Crippen LogP contribution in [0.5, 0.6) is 0 Å². The molecule has 6 nitrogen and oxygen atoms in total. The van der Waals surface area contributed by atoms with E-state index in [1.54, 1.807) is 10.2 Å². The number of ether oxygens (including phenoxy) is 1. The highest BCUT2D eigenvalue weighted by Gasteiger charge is 2.27. The third-order valence-electron chi connectivity index (χ3n) is 2.65. The van der Waals surface area contributed by atoms with Crippen LogP contribution in [0, 0.1) is 0 Å². The van der Waals surface area contributed by atoms with Crippen LogP contribution in [-0.4, -0.2) is 68.8 Å². The zero-order valence-corrected chi connectivity index (χ0v) is 11.0. The lowest BCUT2D eigenvalue weighted by Gasteiger charge is -2.26. The van der Waals surface area contributed by atoms with Crippen molar-refractivity contribution in [3.8, 4) is 0 Å². The number of morpholine rings is 1. The minimum Gasteiger partial charge on any atom is -0.378 e. The number of halogens is 3. The topological polar surface area (TPSA) is 70.7 Å². The van der Waals surface area contributed by atoms with Gasteiger partial charge in [0, 0.05) is 26.1 Å². The van der Waals surface area contributed by atoms with E-state index in [2.05, 4.69) is 5.32 Å². The standard InChI is InChI=1S/C11H18F3N3O3/c12-11(13,14)8-16-9(18)7-15-2-1-10(19)17-3-5-20-6-4-17/h15H,1-8H2,(H,16,18). The Morgan fingerprint density at radius 3 is 2.45 bits per heavy atom. The van der Waals surface area contributed by atoms with Crippen molar-refractivity contribution in [2.75, 3.05) is 45.9 Å². The van der Waals surface area contributed by atoms with Gasteiger partial charge in [-0.05, 0) is 0 Å². The molecule has 0 bridgehead atoms. The fourth-order valence-corrected chi connectivity index (χ4v) is 1.63. The van der Waals surface area contributed by atoms with E-state index in [0.29, 0.717) is 26.3 Å². The van der Waals surface area contributed by atoms with Crippen molar-refractivity contribution in [3.05, 3.63) is 0 Å². The van der Waals surface area contributed by atoms with Gasteiger partial charge in [-0.1, -0.05) is 0 Å². The molecular formula is C11H18F3N3O3. The normalized spacial score (nSPS) is 16.1. The van der Waals surface area contributed by atoms with Crippen molar-refractivity contribution < 1.29 is 27.5 Å². The van der Waals surface area contributed by atoms with E-state index >= 15 is 0 Å². The predicted molar refractivity (Wildman–Crippen MR) is 64.0 cm³/mol. The zero-order chi connectivity index (χ0) is 15.0. The van der Waals surface area contributed by atoms with Crippen LogP contribution in [0.4, 0.5) is 13.2 Å². The highest BCUT2D eigenvalue weighted by Crippen LogP contribution is 2.11. The Hall–Kier alpha value is -1.35. The van der Waals surface area contributed by atoms with E-state index < -0.39 is 18.6 Å². The molecule has 1 fully saturated rings. The number of nitrogens with zero attached hydrogens (tertiary/aromatic N) is 1. The molecule has 1 heterocycles. The molecule has 2 amide bonds. The van der Waals surface area contributed by atoms with Crippen LogP contribution in [0.2, 0.25) is 0 Å². The summed E-state index contributed by atoms with van der Waals surface area (Å²) in [4.78, 5) is 24.4. The zero-order valence-electron chi connectivity index (χ0n) is 11.0. The Morgan fingerprint density at radius 1 is 1.20 bits per heavy atom. The molecule has 0 aromatic carbocycles. The van der Waals surface area contributed by atoms with Crippen LogP contribution in [0.25, 0.3) is 0 Å². The number of hydrogen-bond acceptors (Lipinski definition) is 4. The molecule has 0 aliphatic carbocycles. The van der Waals surface area contributed by atoms with Gasteiger partial charge in [0.05, 0.1) is 19.8 Å². The first-order valence-electron chi connectivity index (χ1n) is 6.28. The summed E-state index contributed by atoms with van der Waals surface area (Å²) in [5, 5.41) is 4.37. The van der Waals surface area contributed by atoms with Gasteiger partial charge in [-0.2, -0.15) is 13.2 Å². The molecule has 0 aromatic rings. The predicted octanol–water partition coefficient (Wildman–Crippen LogP) is -0.497. The van der Waals surface area contributed by atoms with Gasteiger partial charge in [0.2, 0.25) is 11.8 Å². The Kier molecular flexibility index (Phi) is 6.73. The van der Waals surface area contributed by atoms with E-state index in [9.17, 15) is 22.8 Å². The first-order valence-corrected chi connectivity index (χ1v) is 6.28. The first-order chi connectivity index (χ1) is 9.38. The second kappa shape index (κ2) is 8.05. The molecule has 2 N–H and O–H groups in total. The molecule has 9 heteroatoms. The van der Waals surface area contributed by atoms with Crippen LogP contribution < -0.4 is 10.6 Å². The van der Waals surface area contributed by atoms with Crippen LogP contribution in [0.3, 0.4) is 0 Å². The molecule has 0 aromatic heterocycles. The highest BCUT2D eigenvalue weighted by atomic mass is 19.4. The fraction of sp³-hybridized carbons (Fsp3) is 0.818. The number of amides is 2. The fourth-order valence-electron chi connectivity index (χ4n) is 1.63. The van der Waals surface area contributed by atoms with Gasteiger partial charge >= 0.3 is 6.18 Å². The molecule has 0 radical (unpaired) electrons. The minimum absolute atomic E-state index is 0.0588. The molecule has 0 saturated carbocycles. The first kappa shape index (κ1) is 16.7. The van der Waals surface area contributed by atoms with Crippen molar-refractivity contribution in [3.63, 3.8) is 0 Å². The van der Waals surface area contributed by atoms with E-state index in [0.717, 1.165) is 0 Å². The largest absolute Gasteiger partial charge is 0.405 e. The van der Waals surface area contributed by atoms with Gasteiger partial charge in [0.1, 0.15) is 6.54 Å². The third-order valence-corrected chi connectivity index (χ3v) is 2.65. The number of alkyl halides is 3. The lowest BCUT2D eigenvalue weighted by Crippen LogP contribution is -2.43. The van der Waals surface area contributed by atoms with Crippen LogP contribution in [0.15, 0.2) is 0 Å². The Balaban J connectivity index is 2.06. The highest BCUT2D eigenvalue weighted by molar-refractivity contribution is 5.78. The number of hydrogen-bond donors (Lipinski definition) is 2. The van der Waals surface area contributed by atoms with Crippen molar-refractivity contribution in [2.24, 2.45) is 0 Å². The van der Waals surface area contributed by atoms with Crippen LogP contribution >= 0.6 is 0 Å². The summed E-state index contributed by atoms with van der Waals surface area (Å²) in [6, 6.07) is 0. The monoisotopic (exact) mass is 297 g/mol. The molecular weight excluding hydrogens is 279 g/mol. The van der Waals surface area contributed by atoms with Crippen molar-refractivity contribution >= 4 is 11.8 Å². The summed E-state index contributed by atoms with van der Waals surface area (Å²) in [7, 11) is 0.